The molecule has 2 rings (SSSR count). The van der Waals surface area contributed by atoms with E-state index >= 15 is 0 Å². The predicted octanol–water partition coefficient (Wildman–Crippen LogP) is 2.18. The molecule has 1 aliphatic rings. The van der Waals surface area contributed by atoms with Gasteiger partial charge in [0.05, 0.1) is 0 Å². The third-order valence-electron chi connectivity index (χ3n) is 3.43. The van der Waals surface area contributed by atoms with E-state index < -0.39 is 0 Å². The minimum Gasteiger partial charge on any atom is -0.399 e. The third kappa shape index (κ3) is 3.13. The fraction of sp³-hybridized carbons (Fsp3) is 0.571. The Hall–Kier alpha value is -1.22. The lowest BCUT2D eigenvalue weighted by Gasteiger charge is -2.19. The number of anilines is 2. The van der Waals surface area contributed by atoms with Crippen LogP contribution in [-0.2, 0) is 6.42 Å². The molecule has 3 heteroatoms. The average Bonchev–Trinajstić information content (AvgIpc) is 2.71. The Balaban J connectivity index is 1.81. The first-order chi connectivity index (χ1) is 8.31. The van der Waals surface area contributed by atoms with Gasteiger partial charge in [-0.2, -0.15) is 0 Å². The Bertz CT molecular complexity index is 365. The van der Waals surface area contributed by atoms with Crippen LogP contribution >= 0.6 is 0 Å². The van der Waals surface area contributed by atoms with Crippen molar-refractivity contribution in [1.29, 1.82) is 0 Å². The number of hydrogen-bond acceptors (Lipinski definition) is 3. The highest BCUT2D eigenvalue weighted by atomic mass is 16.2. The number of unbranched alkanes of at least 4 members (excludes halogenated alkanes) is 3. The topological polar surface area (TPSA) is 49.5 Å². The van der Waals surface area contributed by atoms with Gasteiger partial charge in [0.1, 0.15) is 0 Å². The first-order valence-electron chi connectivity index (χ1n) is 6.55. The molecule has 0 unspecified atom stereocenters. The Labute approximate surface area is 103 Å². The van der Waals surface area contributed by atoms with E-state index in [4.69, 9.17) is 10.8 Å². The van der Waals surface area contributed by atoms with Crippen LogP contribution < -0.4 is 10.6 Å². The summed E-state index contributed by atoms with van der Waals surface area (Å²) >= 11 is 0. The molecule has 17 heavy (non-hydrogen) atoms. The highest BCUT2D eigenvalue weighted by Crippen LogP contribution is 2.29. The van der Waals surface area contributed by atoms with Crippen LogP contribution in [0.3, 0.4) is 0 Å². The Morgan fingerprint density at radius 2 is 2.00 bits per heavy atom. The highest BCUT2D eigenvalue weighted by Gasteiger charge is 2.17. The van der Waals surface area contributed by atoms with Crippen molar-refractivity contribution < 1.29 is 5.11 Å². The Morgan fingerprint density at radius 3 is 2.82 bits per heavy atom. The minimum atomic E-state index is 0.325. The zero-order chi connectivity index (χ0) is 12.1. The number of aliphatic hydroxyl groups excluding tert-OH is 1. The maximum absolute atomic E-state index is 8.71. The molecule has 0 saturated carbocycles. The number of nitrogens with two attached hydrogens (primary N) is 1. The Kier molecular flexibility index (Phi) is 4.26. The maximum Gasteiger partial charge on any atom is 0.0431 e. The first-order valence-corrected chi connectivity index (χ1v) is 6.55. The second kappa shape index (κ2) is 5.92. The normalized spacial score (nSPS) is 14.1. The second-order valence-electron chi connectivity index (χ2n) is 4.76. The van der Waals surface area contributed by atoms with E-state index in [2.05, 4.69) is 17.0 Å². The molecule has 0 spiro atoms. The standard InChI is InChI=1S/C14H22N2O/c15-13-5-6-14-12(11-13)7-9-16(14)8-3-1-2-4-10-17/h5-6,11,17H,1-4,7-10,15H2. The van der Waals surface area contributed by atoms with Crippen molar-refractivity contribution in [2.75, 3.05) is 30.3 Å². The van der Waals surface area contributed by atoms with E-state index in [0.717, 1.165) is 38.0 Å². The molecule has 0 atom stereocenters. The molecule has 3 nitrogen and oxygen atoms in total. The highest BCUT2D eigenvalue weighted by molar-refractivity contribution is 5.62. The van der Waals surface area contributed by atoms with Crippen molar-refractivity contribution in [2.45, 2.75) is 32.1 Å². The van der Waals surface area contributed by atoms with Crippen molar-refractivity contribution >= 4 is 11.4 Å². The van der Waals surface area contributed by atoms with E-state index in [1.165, 1.54) is 24.1 Å². The van der Waals surface area contributed by atoms with Crippen LogP contribution in [0.2, 0.25) is 0 Å². The van der Waals surface area contributed by atoms with Crippen LogP contribution in [0.4, 0.5) is 11.4 Å². The molecule has 0 radical (unpaired) electrons. The Morgan fingerprint density at radius 1 is 1.18 bits per heavy atom. The van der Waals surface area contributed by atoms with Gasteiger partial charge >= 0.3 is 0 Å². The lowest BCUT2D eigenvalue weighted by molar-refractivity contribution is 0.282. The summed E-state index contributed by atoms with van der Waals surface area (Å²) in [5.74, 6) is 0. The van der Waals surface area contributed by atoms with E-state index in [9.17, 15) is 0 Å². The number of nitrogen functional groups attached to an aromatic ring is 1. The zero-order valence-corrected chi connectivity index (χ0v) is 10.4. The van der Waals surface area contributed by atoms with Gasteiger partial charge in [0.2, 0.25) is 0 Å². The number of benzene rings is 1. The summed E-state index contributed by atoms with van der Waals surface area (Å²) in [5, 5.41) is 8.71. The second-order valence-corrected chi connectivity index (χ2v) is 4.76. The zero-order valence-electron chi connectivity index (χ0n) is 10.4. The summed E-state index contributed by atoms with van der Waals surface area (Å²) in [6, 6.07) is 6.23. The number of rotatable bonds is 6. The summed E-state index contributed by atoms with van der Waals surface area (Å²) in [6.45, 7) is 2.58. The van der Waals surface area contributed by atoms with Crippen LogP contribution in [0.1, 0.15) is 31.2 Å². The van der Waals surface area contributed by atoms with Crippen molar-refractivity contribution in [1.82, 2.24) is 0 Å². The number of hydrogen-bond donors (Lipinski definition) is 2. The van der Waals surface area contributed by atoms with Crippen LogP contribution in [0.5, 0.6) is 0 Å². The molecule has 1 aliphatic heterocycles. The maximum atomic E-state index is 8.71. The van der Waals surface area contributed by atoms with Gasteiger partial charge in [0, 0.05) is 31.1 Å². The van der Waals surface area contributed by atoms with Gasteiger partial charge < -0.3 is 15.7 Å². The molecule has 1 heterocycles. The fourth-order valence-electron chi connectivity index (χ4n) is 2.49. The lowest BCUT2D eigenvalue weighted by Crippen LogP contribution is -2.21. The van der Waals surface area contributed by atoms with Crippen LogP contribution in [0.15, 0.2) is 18.2 Å². The summed E-state index contributed by atoms with van der Waals surface area (Å²) in [7, 11) is 0. The molecule has 1 aromatic carbocycles. The van der Waals surface area contributed by atoms with Crippen LogP contribution in [0, 0.1) is 0 Å². The monoisotopic (exact) mass is 234 g/mol. The number of aliphatic hydroxyl groups is 1. The average molecular weight is 234 g/mol. The van der Waals surface area contributed by atoms with E-state index in [0.29, 0.717) is 6.61 Å². The molecule has 0 aromatic heterocycles. The van der Waals surface area contributed by atoms with Crippen LogP contribution in [-0.4, -0.2) is 24.8 Å². The fourth-order valence-corrected chi connectivity index (χ4v) is 2.49. The van der Waals surface area contributed by atoms with Gasteiger partial charge in [-0.1, -0.05) is 12.8 Å². The summed E-state index contributed by atoms with van der Waals surface area (Å²) in [4.78, 5) is 2.45. The van der Waals surface area contributed by atoms with Gasteiger partial charge in [0.15, 0.2) is 0 Å². The van der Waals surface area contributed by atoms with E-state index in [-0.39, 0.29) is 0 Å². The number of nitrogens with zero attached hydrogens (tertiary/aromatic N) is 1. The van der Waals surface area contributed by atoms with Crippen molar-refractivity contribution in [3.63, 3.8) is 0 Å². The van der Waals surface area contributed by atoms with Crippen molar-refractivity contribution in [2.24, 2.45) is 0 Å². The SMILES string of the molecule is Nc1ccc2c(c1)CCN2CCCCCCO. The van der Waals surface area contributed by atoms with Crippen molar-refractivity contribution in [3.8, 4) is 0 Å². The van der Waals surface area contributed by atoms with Crippen LogP contribution in [0.25, 0.3) is 0 Å². The predicted molar refractivity (Wildman–Crippen MR) is 72.3 cm³/mol. The largest absolute Gasteiger partial charge is 0.399 e. The van der Waals surface area contributed by atoms with Gasteiger partial charge in [-0.25, -0.2) is 0 Å². The van der Waals surface area contributed by atoms with E-state index in [1.807, 2.05) is 6.07 Å². The molecular formula is C14H22N2O. The molecule has 0 aliphatic carbocycles. The van der Waals surface area contributed by atoms with Gasteiger partial charge in [-0.15, -0.1) is 0 Å². The van der Waals surface area contributed by atoms with Crippen molar-refractivity contribution in [3.05, 3.63) is 23.8 Å². The first kappa shape index (κ1) is 12.2. The molecule has 3 N–H and O–H groups in total. The molecule has 0 bridgehead atoms. The lowest BCUT2D eigenvalue weighted by atomic mass is 10.1. The molecular weight excluding hydrogens is 212 g/mol. The van der Waals surface area contributed by atoms with Gasteiger partial charge in [0.25, 0.3) is 0 Å². The summed E-state index contributed by atoms with van der Waals surface area (Å²) in [5.41, 5.74) is 9.41. The minimum absolute atomic E-state index is 0.325. The van der Waals surface area contributed by atoms with E-state index in [1.54, 1.807) is 0 Å². The smallest absolute Gasteiger partial charge is 0.0431 e. The van der Waals surface area contributed by atoms with Gasteiger partial charge in [-0.3, -0.25) is 0 Å². The summed E-state index contributed by atoms with van der Waals surface area (Å²) < 4.78 is 0. The molecule has 94 valence electrons. The third-order valence-corrected chi connectivity index (χ3v) is 3.43. The number of fused-ring (bicyclic) bond motifs is 1. The van der Waals surface area contributed by atoms with Gasteiger partial charge in [-0.05, 0) is 43.0 Å². The molecule has 0 fully saturated rings. The molecule has 0 amide bonds. The quantitative estimate of drug-likeness (QED) is 0.586. The summed E-state index contributed by atoms with van der Waals surface area (Å²) in [6.07, 6.45) is 5.62. The molecule has 0 saturated heterocycles. The molecule has 1 aromatic rings.